The van der Waals surface area contributed by atoms with Crippen molar-refractivity contribution < 1.29 is 19.0 Å². The molecule has 0 radical (unpaired) electrons. The minimum atomic E-state index is -0.113. The number of benzene rings is 1. The lowest BCUT2D eigenvalue weighted by atomic mass is 9.86. The Balaban J connectivity index is 1.79. The molecule has 0 N–H and O–H groups in total. The van der Waals surface area contributed by atoms with Crippen LogP contribution in [0.25, 0.3) is 0 Å². The molecule has 1 saturated heterocycles. The van der Waals surface area contributed by atoms with Crippen LogP contribution in [0.5, 0.6) is 11.5 Å². The van der Waals surface area contributed by atoms with Crippen molar-refractivity contribution in [3.05, 3.63) is 23.8 Å². The summed E-state index contributed by atoms with van der Waals surface area (Å²) >= 11 is 0. The summed E-state index contributed by atoms with van der Waals surface area (Å²) in [6.45, 7) is 1.53. The Hall–Kier alpha value is -1.75. The molecule has 0 amide bonds. The van der Waals surface area contributed by atoms with Crippen LogP contribution in [0.3, 0.4) is 0 Å². The first kappa shape index (κ1) is 14.2. The first-order valence-corrected chi connectivity index (χ1v) is 7.31. The predicted octanol–water partition coefficient (Wildman–Crippen LogP) is 2.77. The van der Waals surface area contributed by atoms with Gasteiger partial charge in [0.1, 0.15) is 5.60 Å². The van der Waals surface area contributed by atoms with Crippen molar-refractivity contribution in [2.24, 2.45) is 5.16 Å². The highest BCUT2D eigenvalue weighted by molar-refractivity contribution is 6.01. The van der Waals surface area contributed by atoms with Crippen LogP contribution in [-0.2, 0) is 9.57 Å². The Labute approximate surface area is 124 Å². The van der Waals surface area contributed by atoms with E-state index in [-0.39, 0.29) is 5.60 Å². The molecule has 0 atom stereocenters. The highest BCUT2D eigenvalue weighted by atomic mass is 16.7. The van der Waals surface area contributed by atoms with E-state index < -0.39 is 0 Å². The van der Waals surface area contributed by atoms with E-state index in [0.29, 0.717) is 5.75 Å². The monoisotopic (exact) mass is 291 g/mol. The van der Waals surface area contributed by atoms with Gasteiger partial charge in [0.2, 0.25) is 0 Å². The van der Waals surface area contributed by atoms with E-state index in [9.17, 15) is 0 Å². The summed E-state index contributed by atoms with van der Waals surface area (Å²) in [7, 11) is 3.27. The second-order valence-corrected chi connectivity index (χ2v) is 5.49. The normalized spacial score (nSPS) is 20.6. The molecule has 1 fully saturated rings. The van der Waals surface area contributed by atoms with Gasteiger partial charge in [0.05, 0.1) is 33.1 Å². The molecular weight excluding hydrogens is 270 g/mol. The molecule has 2 aliphatic rings. The van der Waals surface area contributed by atoms with Crippen LogP contribution in [0.4, 0.5) is 0 Å². The fourth-order valence-electron chi connectivity index (χ4n) is 2.89. The van der Waals surface area contributed by atoms with Crippen molar-refractivity contribution >= 4 is 5.71 Å². The Morgan fingerprint density at radius 3 is 2.43 bits per heavy atom. The van der Waals surface area contributed by atoms with Gasteiger partial charge in [0.25, 0.3) is 0 Å². The molecule has 1 aromatic rings. The first-order valence-electron chi connectivity index (χ1n) is 7.31. The molecule has 0 aromatic heterocycles. The minimum Gasteiger partial charge on any atom is -0.493 e. The standard InChI is InChI=1S/C16H21NO4/c1-18-14-4-3-12(11-15(14)19-2)13-5-6-16(21-17-13)7-9-20-10-8-16/h3-4,11H,5-10H2,1-2H3. The quantitative estimate of drug-likeness (QED) is 0.859. The maximum atomic E-state index is 5.84. The van der Waals surface area contributed by atoms with Crippen LogP contribution in [0.15, 0.2) is 23.4 Å². The van der Waals surface area contributed by atoms with Gasteiger partial charge in [-0.1, -0.05) is 5.16 Å². The third-order valence-electron chi connectivity index (χ3n) is 4.29. The van der Waals surface area contributed by atoms with Gasteiger partial charge >= 0.3 is 0 Å². The van der Waals surface area contributed by atoms with Crippen molar-refractivity contribution in [1.29, 1.82) is 0 Å². The zero-order valence-corrected chi connectivity index (χ0v) is 12.6. The third kappa shape index (κ3) is 2.83. The van der Waals surface area contributed by atoms with Gasteiger partial charge in [-0.3, -0.25) is 0 Å². The Morgan fingerprint density at radius 1 is 1.05 bits per heavy atom. The maximum Gasteiger partial charge on any atom is 0.161 e. The average molecular weight is 291 g/mol. The molecule has 1 spiro atoms. The van der Waals surface area contributed by atoms with Crippen molar-refractivity contribution in [1.82, 2.24) is 0 Å². The number of ether oxygens (including phenoxy) is 3. The van der Waals surface area contributed by atoms with Crippen LogP contribution >= 0.6 is 0 Å². The molecule has 0 aliphatic carbocycles. The third-order valence-corrected chi connectivity index (χ3v) is 4.29. The van der Waals surface area contributed by atoms with Gasteiger partial charge in [0, 0.05) is 18.4 Å². The molecule has 2 aliphatic heterocycles. The van der Waals surface area contributed by atoms with Crippen LogP contribution < -0.4 is 9.47 Å². The molecule has 5 heteroatoms. The van der Waals surface area contributed by atoms with Crippen LogP contribution in [0.1, 0.15) is 31.2 Å². The lowest BCUT2D eigenvalue weighted by Crippen LogP contribution is -2.40. The molecule has 3 rings (SSSR count). The number of hydrogen-bond acceptors (Lipinski definition) is 5. The lowest BCUT2D eigenvalue weighted by Gasteiger charge is -2.37. The zero-order chi connectivity index (χ0) is 14.7. The summed E-state index contributed by atoms with van der Waals surface area (Å²) in [6.07, 6.45) is 3.75. The van der Waals surface area contributed by atoms with E-state index in [4.69, 9.17) is 19.0 Å². The van der Waals surface area contributed by atoms with E-state index in [1.54, 1.807) is 14.2 Å². The largest absolute Gasteiger partial charge is 0.493 e. The van der Waals surface area contributed by atoms with Crippen LogP contribution in [-0.4, -0.2) is 38.7 Å². The molecule has 0 saturated carbocycles. The molecule has 0 bridgehead atoms. The lowest BCUT2D eigenvalue weighted by molar-refractivity contribution is -0.119. The van der Waals surface area contributed by atoms with E-state index in [1.807, 2.05) is 18.2 Å². The van der Waals surface area contributed by atoms with E-state index in [1.165, 1.54) is 0 Å². The first-order chi connectivity index (χ1) is 10.3. The van der Waals surface area contributed by atoms with Crippen LogP contribution in [0, 0.1) is 0 Å². The molecular formula is C16H21NO4. The number of nitrogens with zero attached hydrogens (tertiary/aromatic N) is 1. The Kier molecular flexibility index (Phi) is 4.01. The fourth-order valence-corrected chi connectivity index (χ4v) is 2.89. The minimum absolute atomic E-state index is 0.113. The molecule has 1 aromatic carbocycles. The fraction of sp³-hybridized carbons (Fsp3) is 0.562. The molecule has 5 nitrogen and oxygen atoms in total. The number of rotatable bonds is 3. The van der Waals surface area contributed by atoms with Gasteiger partial charge in [-0.2, -0.15) is 0 Å². The molecule has 21 heavy (non-hydrogen) atoms. The Bertz CT molecular complexity index is 535. The topological polar surface area (TPSA) is 49.3 Å². The van der Waals surface area contributed by atoms with Gasteiger partial charge in [-0.25, -0.2) is 0 Å². The number of hydrogen-bond donors (Lipinski definition) is 0. The SMILES string of the molecule is COc1ccc(C2=NOC3(CCOCC3)CC2)cc1OC. The van der Waals surface area contributed by atoms with Gasteiger partial charge in [-0.05, 0) is 31.0 Å². The summed E-state index contributed by atoms with van der Waals surface area (Å²) in [5.74, 6) is 1.43. The van der Waals surface area contributed by atoms with Gasteiger partial charge < -0.3 is 19.0 Å². The molecule has 2 heterocycles. The van der Waals surface area contributed by atoms with Crippen molar-refractivity contribution in [2.45, 2.75) is 31.3 Å². The van der Waals surface area contributed by atoms with Crippen molar-refractivity contribution in [3.63, 3.8) is 0 Å². The highest BCUT2D eigenvalue weighted by Crippen LogP contribution is 2.35. The average Bonchev–Trinajstić information content (AvgIpc) is 2.56. The Morgan fingerprint density at radius 2 is 1.81 bits per heavy atom. The second kappa shape index (κ2) is 5.93. The smallest absolute Gasteiger partial charge is 0.161 e. The zero-order valence-electron chi connectivity index (χ0n) is 12.6. The van der Waals surface area contributed by atoms with E-state index in [2.05, 4.69) is 5.16 Å². The number of oxime groups is 1. The molecule has 114 valence electrons. The van der Waals surface area contributed by atoms with Crippen molar-refractivity contribution in [2.75, 3.05) is 27.4 Å². The summed E-state index contributed by atoms with van der Waals surface area (Å²) in [5.41, 5.74) is 1.88. The maximum absolute atomic E-state index is 5.84. The van der Waals surface area contributed by atoms with Crippen molar-refractivity contribution in [3.8, 4) is 11.5 Å². The van der Waals surface area contributed by atoms with Gasteiger partial charge in [0.15, 0.2) is 11.5 Å². The predicted molar refractivity (Wildman–Crippen MR) is 79.2 cm³/mol. The number of methoxy groups -OCH3 is 2. The van der Waals surface area contributed by atoms with E-state index >= 15 is 0 Å². The summed E-state index contributed by atoms with van der Waals surface area (Å²) in [5, 5.41) is 4.37. The van der Waals surface area contributed by atoms with E-state index in [0.717, 1.165) is 55.9 Å². The van der Waals surface area contributed by atoms with Gasteiger partial charge in [-0.15, -0.1) is 0 Å². The molecule has 0 unspecified atom stereocenters. The summed E-state index contributed by atoms with van der Waals surface area (Å²) in [4.78, 5) is 5.84. The second-order valence-electron chi connectivity index (χ2n) is 5.49. The van der Waals surface area contributed by atoms with Crippen LogP contribution in [0.2, 0.25) is 0 Å². The summed E-state index contributed by atoms with van der Waals surface area (Å²) in [6, 6.07) is 5.84. The summed E-state index contributed by atoms with van der Waals surface area (Å²) < 4.78 is 16.0. The highest BCUT2D eigenvalue weighted by Gasteiger charge is 2.37.